The first-order valence-electron chi connectivity index (χ1n) is 7.64. The normalized spacial score (nSPS) is 20.2. The van der Waals surface area contributed by atoms with Gasteiger partial charge in [0.2, 0.25) is 11.8 Å². The van der Waals surface area contributed by atoms with Crippen LogP contribution in [0.3, 0.4) is 0 Å². The fourth-order valence-electron chi connectivity index (χ4n) is 2.85. The third-order valence-electron chi connectivity index (χ3n) is 4.07. The topological polar surface area (TPSA) is 84.4 Å². The van der Waals surface area contributed by atoms with Crippen LogP contribution in [0.15, 0.2) is 48.9 Å². The van der Waals surface area contributed by atoms with Crippen LogP contribution in [0.4, 0.5) is 0 Å². The lowest BCUT2D eigenvalue weighted by Gasteiger charge is -2.24. The minimum Gasteiger partial charge on any atom is -0.338 e. The van der Waals surface area contributed by atoms with E-state index in [9.17, 15) is 9.59 Å². The van der Waals surface area contributed by atoms with Crippen LogP contribution in [0.25, 0.3) is 0 Å². The Bertz CT molecular complexity index is 708. The summed E-state index contributed by atoms with van der Waals surface area (Å²) < 4.78 is 0. The fourth-order valence-corrected chi connectivity index (χ4v) is 2.85. The maximum atomic E-state index is 12.5. The number of carbonyl (C=O) groups is 2. The zero-order chi connectivity index (χ0) is 16.9. The second-order valence-corrected chi connectivity index (χ2v) is 5.62. The van der Waals surface area contributed by atoms with Gasteiger partial charge in [-0.3, -0.25) is 24.4 Å². The molecule has 0 bridgehead atoms. The van der Waals surface area contributed by atoms with Crippen molar-refractivity contribution in [1.82, 2.24) is 20.3 Å². The number of rotatable bonds is 5. The van der Waals surface area contributed by atoms with E-state index in [4.69, 9.17) is 4.84 Å². The molecule has 1 aliphatic heterocycles. The van der Waals surface area contributed by atoms with Gasteiger partial charge in [-0.2, -0.15) is 0 Å². The standard InChI is InChI=1S/C17H18N4O3/c1-21-15(22)9-14(16(21)12-5-4-7-18-10-12)17(23)20-24-11-13-6-2-3-8-19-13/h2-8,10,14,16H,9,11H2,1H3,(H,20,23)/t14-,16+/m0/s1. The predicted molar refractivity (Wildman–Crippen MR) is 85.0 cm³/mol. The van der Waals surface area contributed by atoms with Gasteiger partial charge in [0.25, 0.3) is 0 Å². The molecule has 1 aliphatic rings. The van der Waals surface area contributed by atoms with Gasteiger partial charge in [0.15, 0.2) is 0 Å². The third kappa shape index (κ3) is 3.41. The van der Waals surface area contributed by atoms with Crippen LogP contribution in [0, 0.1) is 5.92 Å². The molecule has 2 aromatic heterocycles. The lowest BCUT2D eigenvalue weighted by molar-refractivity contribution is -0.139. The maximum absolute atomic E-state index is 12.5. The molecule has 7 heteroatoms. The monoisotopic (exact) mass is 326 g/mol. The summed E-state index contributed by atoms with van der Waals surface area (Å²) in [7, 11) is 1.70. The molecular formula is C17H18N4O3. The molecule has 124 valence electrons. The number of amides is 2. The second-order valence-electron chi connectivity index (χ2n) is 5.62. The van der Waals surface area contributed by atoms with Crippen molar-refractivity contribution in [2.45, 2.75) is 19.1 Å². The molecule has 0 aromatic carbocycles. The summed E-state index contributed by atoms with van der Waals surface area (Å²) in [5.74, 6) is -0.915. The minimum atomic E-state index is -0.518. The van der Waals surface area contributed by atoms with Gasteiger partial charge in [0, 0.05) is 32.1 Å². The molecule has 3 rings (SSSR count). The van der Waals surface area contributed by atoms with Crippen molar-refractivity contribution in [1.29, 1.82) is 0 Å². The van der Waals surface area contributed by atoms with Gasteiger partial charge in [-0.1, -0.05) is 12.1 Å². The molecule has 2 atom stereocenters. The van der Waals surface area contributed by atoms with Crippen molar-refractivity contribution in [3.05, 3.63) is 60.2 Å². The zero-order valence-electron chi connectivity index (χ0n) is 13.3. The van der Waals surface area contributed by atoms with Crippen LogP contribution < -0.4 is 5.48 Å². The van der Waals surface area contributed by atoms with Gasteiger partial charge < -0.3 is 4.90 Å². The average molecular weight is 326 g/mol. The van der Waals surface area contributed by atoms with E-state index >= 15 is 0 Å². The number of likely N-dealkylation sites (tertiary alicyclic amines) is 1. The number of aromatic nitrogens is 2. The lowest BCUT2D eigenvalue weighted by Crippen LogP contribution is -2.34. The van der Waals surface area contributed by atoms with Crippen LogP contribution in [0.2, 0.25) is 0 Å². The Hall–Kier alpha value is -2.80. The smallest absolute Gasteiger partial charge is 0.249 e. The van der Waals surface area contributed by atoms with E-state index < -0.39 is 5.92 Å². The molecule has 1 fully saturated rings. The molecular weight excluding hydrogens is 308 g/mol. The Morgan fingerprint density at radius 2 is 2.21 bits per heavy atom. The van der Waals surface area contributed by atoms with Crippen molar-refractivity contribution >= 4 is 11.8 Å². The molecule has 1 saturated heterocycles. The Labute approximate surface area is 139 Å². The molecule has 7 nitrogen and oxygen atoms in total. The van der Waals surface area contributed by atoms with E-state index in [-0.39, 0.29) is 30.9 Å². The van der Waals surface area contributed by atoms with Crippen LogP contribution in [0.1, 0.15) is 23.7 Å². The van der Waals surface area contributed by atoms with Crippen molar-refractivity contribution < 1.29 is 14.4 Å². The van der Waals surface area contributed by atoms with Crippen molar-refractivity contribution in [2.24, 2.45) is 5.92 Å². The number of carbonyl (C=O) groups excluding carboxylic acids is 2. The number of hydroxylamine groups is 1. The van der Waals surface area contributed by atoms with E-state index in [2.05, 4.69) is 15.4 Å². The molecule has 0 spiro atoms. The minimum absolute atomic E-state index is 0.0753. The highest BCUT2D eigenvalue weighted by Gasteiger charge is 2.42. The first-order chi connectivity index (χ1) is 11.7. The highest BCUT2D eigenvalue weighted by molar-refractivity contribution is 5.89. The van der Waals surface area contributed by atoms with Crippen LogP contribution in [0.5, 0.6) is 0 Å². The summed E-state index contributed by atoms with van der Waals surface area (Å²) >= 11 is 0. The molecule has 24 heavy (non-hydrogen) atoms. The first-order valence-corrected chi connectivity index (χ1v) is 7.64. The summed E-state index contributed by atoms with van der Waals surface area (Å²) in [6.45, 7) is 0.167. The summed E-state index contributed by atoms with van der Waals surface area (Å²) in [6.07, 6.45) is 5.14. The Morgan fingerprint density at radius 1 is 1.33 bits per heavy atom. The first kappa shape index (κ1) is 16.1. The van der Waals surface area contributed by atoms with E-state index in [1.165, 1.54) is 0 Å². The predicted octanol–water partition coefficient (Wildman–Crippen LogP) is 1.24. The highest BCUT2D eigenvalue weighted by atomic mass is 16.7. The van der Waals surface area contributed by atoms with Crippen molar-refractivity contribution in [2.75, 3.05) is 7.05 Å². The molecule has 0 unspecified atom stereocenters. The van der Waals surface area contributed by atoms with Crippen molar-refractivity contribution in [3.63, 3.8) is 0 Å². The molecule has 0 aliphatic carbocycles. The zero-order valence-corrected chi connectivity index (χ0v) is 13.3. The maximum Gasteiger partial charge on any atom is 0.249 e. The third-order valence-corrected chi connectivity index (χ3v) is 4.07. The second kappa shape index (κ2) is 7.18. The lowest BCUT2D eigenvalue weighted by atomic mass is 9.94. The van der Waals surface area contributed by atoms with Gasteiger partial charge in [-0.15, -0.1) is 0 Å². The quantitative estimate of drug-likeness (QED) is 0.836. The Balaban J connectivity index is 1.65. The summed E-state index contributed by atoms with van der Waals surface area (Å²) in [4.78, 5) is 39.5. The molecule has 2 amide bonds. The Morgan fingerprint density at radius 3 is 2.92 bits per heavy atom. The van der Waals surface area contributed by atoms with Gasteiger partial charge >= 0.3 is 0 Å². The Kier molecular flexibility index (Phi) is 4.81. The number of hydrogen-bond donors (Lipinski definition) is 1. The molecule has 2 aromatic rings. The van der Waals surface area contributed by atoms with E-state index in [1.807, 2.05) is 12.1 Å². The summed E-state index contributed by atoms with van der Waals surface area (Å²) in [5.41, 5.74) is 3.97. The SMILES string of the molecule is CN1C(=O)C[C@H](C(=O)NOCc2ccccn2)[C@H]1c1cccnc1. The largest absolute Gasteiger partial charge is 0.338 e. The van der Waals surface area contributed by atoms with Gasteiger partial charge in [0.1, 0.15) is 6.61 Å². The number of pyridine rings is 2. The van der Waals surface area contributed by atoms with Crippen LogP contribution >= 0.6 is 0 Å². The number of hydrogen-bond acceptors (Lipinski definition) is 5. The average Bonchev–Trinajstić information content (AvgIpc) is 2.92. The van der Waals surface area contributed by atoms with Gasteiger partial charge in [-0.05, 0) is 23.8 Å². The summed E-state index contributed by atoms with van der Waals surface area (Å²) in [6, 6.07) is 8.76. The molecule has 0 radical (unpaired) electrons. The summed E-state index contributed by atoms with van der Waals surface area (Å²) in [5, 5.41) is 0. The van der Waals surface area contributed by atoms with Crippen LogP contribution in [-0.4, -0.2) is 33.7 Å². The highest BCUT2D eigenvalue weighted by Crippen LogP contribution is 2.36. The van der Waals surface area contributed by atoms with Crippen molar-refractivity contribution in [3.8, 4) is 0 Å². The van der Waals surface area contributed by atoms with Gasteiger partial charge in [-0.25, -0.2) is 5.48 Å². The molecule has 1 N–H and O–H groups in total. The fraction of sp³-hybridized carbons (Fsp3) is 0.294. The number of nitrogens with one attached hydrogen (secondary N) is 1. The van der Waals surface area contributed by atoms with E-state index in [0.717, 1.165) is 5.56 Å². The van der Waals surface area contributed by atoms with E-state index in [0.29, 0.717) is 5.69 Å². The molecule has 0 saturated carbocycles. The van der Waals surface area contributed by atoms with Gasteiger partial charge in [0.05, 0.1) is 17.7 Å². The molecule has 3 heterocycles. The van der Waals surface area contributed by atoms with Crippen LogP contribution in [-0.2, 0) is 21.0 Å². The van der Waals surface area contributed by atoms with E-state index in [1.54, 1.807) is 48.7 Å². The number of nitrogens with zero attached hydrogens (tertiary/aromatic N) is 3.